The molecule has 1 heterocycles. The zero-order chi connectivity index (χ0) is 16.6. The molecule has 3 N–H and O–H groups in total. The molecule has 2 aromatic rings. The Balaban J connectivity index is 2.13. The first kappa shape index (κ1) is 15.0. The Hall–Kier alpha value is -2.89. The number of nitrogen functional groups attached to an aromatic ring is 1. The van der Waals surface area contributed by atoms with E-state index in [0.717, 1.165) is 21.6 Å². The largest absolute Gasteiger partial charge is 0.622 e. The predicted octanol–water partition coefficient (Wildman–Crippen LogP) is 2.73. The van der Waals surface area contributed by atoms with Gasteiger partial charge in [-0.1, -0.05) is 12.1 Å². The summed E-state index contributed by atoms with van der Waals surface area (Å²) < 4.78 is 11.6. The molecule has 2 aromatic carbocycles. The van der Waals surface area contributed by atoms with E-state index in [0.29, 0.717) is 22.9 Å². The lowest BCUT2D eigenvalue weighted by atomic mass is 10.0. The van der Waals surface area contributed by atoms with Crippen LogP contribution in [-0.2, 0) is 0 Å². The summed E-state index contributed by atoms with van der Waals surface area (Å²) in [5, 5.41) is 15.9. The maximum atomic E-state index is 12.7. The highest BCUT2D eigenvalue weighted by molar-refractivity contribution is 6.02. The molecule has 0 aliphatic carbocycles. The Kier molecular flexibility index (Phi) is 3.73. The zero-order valence-corrected chi connectivity index (χ0v) is 13.3. The van der Waals surface area contributed by atoms with Gasteiger partial charge in [-0.05, 0) is 18.2 Å². The van der Waals surface area contributed by atoms with Crippen molar-refractivity contribution in [3.63, 3.8) is 0 Å². The van der Waals surface area contributed by atoms with Gasteiger partial charge in [-0.25, -0.2) is 0 Å². The van der Waals surface area contributed by atoms with Gasteiger partial charge in [0.2, 0.25) is 0 Å². The van der Waals surface area contributed by atoms with Crippen molar-refractivity contribution in [2.45, 2.75) is 13.1 Å². The lowest BCUT2D eigenvalue weighted by Crippen LogP contribution is -2.32. The molecular formula is C17H19N3O3. The molecule has 0 radical (unpaired) electrons. The lowest BCUT2D eigenvalue weighted by Gasteiger charge is -2.28. The predicted molar refractivity (Wildman–Crippen MR) is 90.2 cm³/mol. The molecule has 1 atom stereocenters. The second-order valence-corrected chi connectivity index (χ2v) is 5.34. The number of hydrogen-bond acceptors (Lipinski definition) is 5. The van der Waals surface area contributed by atoms with E-state index in [2.05, 4.69) is 5.32 Å². The van der Waals surface area contributed by atoms with Crippen molar-refractivity contribution >= 4 is 17.1 Å². The van der Waals surface area contributed by atoms with Crippen LogP contribution in [0.1, 0.15) is 24.2 Å². The van der Waals surface area contributed by atoms with Gasteiger partial charge in [-0.15, -0.1) is 0 Å². The monoisotopic (exact) mass is 313 g/mol. The number of nitrogens with zero attached hydrogens (tertiary/aromatic N) is 1. The van der Waals surface area contributed by atoms with Gasteiger partial charge in [-0.2, -0.15) is 4.74 Å². The molecule has 6 heteroatoms. The molecule has 0 aromatic heterocycles. The topological polar surface area (TPSA) is 82.6 Å². The van der Waals surface area contributed by atoms with Crippen LogP contribution in [0.25, 0.3) is 0 Å². The molecule has 0 amide bonds. The summed E-state index contributed by atoms with van der Waals surface area (Å²) in [4.78, 5) is 0. The number of benzene rings is 2. The summed E-state index contributed by atoms with van der Waals surface area (Å²) >= 11 is 0. The van der Waals surface area contributed by atoms with Crippen molar-refractivity contribution in [2.24, 2.45) is 0 Å². The van der Waals surface area contributed by atoms with Crippen LogP contribution in [0.3, 0.4) is 0 Å². The van der Waals surface area contributed by atoms with Gasteiger partial charge < -0.3 is 25.7 Å². The maximum absolute atomic E-state index is 12.7. The first-order valence-electron chi connectivity index (χ1n) is 7.24. The van der Waals surface area contributed by atoms with Gasteiger partial charge in [0, 0.05) is 18.7 Å². The first-order valence-corrected chi connectivity index (χ1v) is 7.24. The van der Waals surface area contributed by atoms with E-state index >= 15 is 0 Å². The minimum absolute atomic E-state index is 0.572. The average molecular weight is 313 g/mol. The average Bonchev–Trinajstić information content (AvgIpc) is 2.57. The third kappa shape index (κ3) is 2.42. The number of rotatable bonds is 3. The van der Waals surface area contributed by atoms with Gasteiger partial charge in [0.1, 0.15) is 0 Å². The van der Waals surface area contributed by atoms with E-state index in [1.165, 1.54) is 0 Å². The Morgan fingerprint density at radius 1 is 1.13 bits per heavy atom. The van der Waals surface area contributed by atoms with E-state index in [4.69, 9.17) is 15.2 Å². The normalized spacial score (nSPS) is 16.6. The fourth-order valence-electron chi connectivity index (χ4n) is 2.78. The number of hydroxylamine groups is 1. The van der Waals surface area contributed by atoms with Crippen molar-refractivity contribution in [3.05, 3.63) is 52.7 Å². The van der Waals surface area contributed by atoms with E-state index < -0.39 is 6.17 Å². The Labute approximate surface area is 134 Å². The fraction of sp³-hybridized carbons (Fsp3) is 0.235. The molecule has 0 bridgehead atoms. The summed E-state index contributed by atoms with van der Waals surface area (Å²) in [7, 11) is 3.15. The number of hydrogen-bond donors (Lipinski definition) is 2. The number of methoxy groups -OCH3 is 2. The van der Waals surface area contributed by atoms with Crippen LogP contribution < -0.4 is 20.5 Å². The highest BCUT2D eigenvalue weighted by atomic mass is 16.5. The quantitative estimate of drug-likeness (QED) is 0.517. The van der Waals surface area contributed by atoms with Gasteiger partial charge >= 0.3 is 0 Å². The lowest BCUT2D eigenvalue weighted by molar-refractivity contribution is -0.501. The van der Waals surface area contributed by atoms with Crippen LogP contribution in [0.5, 0.6) is 11.5 Å². The SMILES string of the molecule is COc1cc2c(cc1OC)C(C)=[N+]([O-])C(c1ccccc1N)N2. The number of para-hydroxylation sites is 1. The van der Waals surface area contributed by atoms with Gasteiger partial charge in [0.15, 0.2) is 17.2 Å². The van der Waals surface area contributed by atoms with E-state index in [-0.39, 0.29) is 0 Å². The summed E-state index contributed by atoms with van der Waals surface area (Å²) in [6, 6.07) is 11.0. The molecule has 1 aliphatic rings. The summed E-state index contributed by atoms with van der Waals surface area (Å²) in [5.41, 5.74) is 9.51. The maximum Gasteiger partial charge on any atom is 0.265 e. The Morgan fingerprint density at radius 3 is 2.43 bits per heavy atom. The second-order valence-electron chi connectivity index (χ2n) is 5.34. The number of ether oxygens (including phenoxy) is 2. The van der Waals surface area contributed by atoms with E-state index in [9.17, 15) is 5.21 Å². The molecule has 120 valence electrons. The third-order valence-corrected chi connectivity index (χ3v) is 4.06. The van der Waals surface area contributed by atoms with Crippen LogP contribution in [-0.4, -0.2) is 24.7 Å². The van der Waals surface area contributed by atoms with E-state index in [1.54, 1.807) is 33.3 Å². The van der Waals surface area contributed by atoms with Crippen molar-refractivity contribution < 1.29 is 14.2 Å². The molecule has 3 rings (SSSR count). The molecule has 1 unspecified atom stereocenters. The molecule has 23 heavy (non-hydrogen) atoms. The second kappa shape index (κ2) is 5.72. The molecule has 0 spiro atoms. The first-order chi connectivity index (χ1) is 11.1. The van der Waals surface area contributed by atoms with Crippen molar-refractivity contribution in [3.8, 4) is 11.5 Å². The highest BCUT2D eigenvalue weighted by Crippen LogP contribution is 2.38. The molecule has 0 fully saturated rings. The molecular weight excluding hydrogens is 294 g/mol. The van der Waals surface area contributed by atoms with Crippen molar-refractivity contribution in [2.75, 3.05) is 25.3 Å². The number of fused-ring (bicyclic) bond motifs is 1. The molecule has 0 saturated carbocycles. The van der Waals surface area contributed by atoms with Gasteiger partial charge in [0.25, 0.3) is 6.17 Å². The highest BCUT2D eigenvalue weighted by Gasteiger charge is 2.31. The van der Waals surface area contributed by atoms with Crippen LogP contribution >= 0.6 is 0 Å². The Bertz CT molecular complexity index is 787. The van der Waals surface area contributed by atoms with Crippen LogP contribution in [0.4, 0.5) is 11.4 Å². The standard InChI is InChI=1S/C17H19N3O3/c1-10-12-8-15(22-2)16(23-3)9-14(12)19-17(20(10)21)11-6-4-5-7-13(11)18/h4-9,17,19H,18H2,1-3H3. The van der Waals surface area contributed by atoms with E-state index in [1.807, 2.05) is 24.3 Å². The van der Waals surface area contributed by atoms with Crippen LogP contribution in [0.2, 0.25) is 0 Å². The molecule has 1 aliphatic heterocycles. The summed E-state index contributed by atoms with van der Waals surface area (Å²) in [6.45, 7) is 1.78. The van der Waals surface area contributed by atoms with Crippen molar-refractivity contribution in [1.82, 2.24) is 0 Å². The summed E-state index contributed by atoms with van der Waals surface area (Å²) in [5.74, 6) is 1.18. The van der Waals surface area contributed by atoms with Crippen molar-refractivity contribution in [1.29, 1.82) is 0 Å². The number of nitrogens with two attached hydrogens (primary N) is 1. The van der Waals surface area contributed by atoms with Crippen LogP contribution in [0.15, 0.2) is 36.4 Å². The third-order valence-electron chi connectivity index (χ3n) is 4.06. The van der Waals surface area contributed by atoms with Crippen LogP contribution in [0, 0.1) is 5.21 Å². The van der Waals surface area contributed by atoms with Gasteiger partial charge in [0.05, 0.1) is 31.0 Å². The minimum atomic E-state index is -0.582. The molecule has 0 saturated heterocycles. The smallest absolute Gasteiger partial charge is 0.265 e. The summed E-state index contributed by atoms with van der Waals surface area (Å²) in [6.07, 6.45) is -0.582. The van der Waals surface area contributed by atoms with Gasteiger partial charge in [-0.3, -0.25) is 0 Å². The molecule has 6 nitrogen and oxygen atoms in total. The zero-order valence-electron chi connectivity index (χ0n) is 13.3. The fourth-order valence-corrected chi connectivity index (χ4v) is 2.78. The Morgan fingerprint density at radius 2 is 1.78 bits per heavy atom. The minimum Gasteiger partial charge on any atom is -0.622 e. The number of anilines is 2. The number of nitrogens with one attached hydrogen (secondary N) is 1.